The first-order chi connectivity index (χ1) is 9.45. The van der Waals surface area contributed by atoms with E-state index >= 15 is 0 Å². The molecule has 2 unspecified atom stereocenters. The summed E-state index contributed by atoms with van der Waals surface area (Å²) < 4.78 is 13.1. The number of likely N-dealkylation sites (tertiary alicyclic amines) is 1. The maximum atomic E-state index is 13.1. The van der Waals surface area contributed by atoms with Crippen molar-refractivity contribution in [2.75, 3.05) is 11.9 Å². The van der Waals surface area contributed by atoms with Crippen LogP contribution in [0.2, 0.25) is 0 Å². The van der Waals surface area contributed by atoms with Crippen molar-refractivity contribution in [1.82, 2.24) is 4.90 Å². The Morgan fingerprint density at radius 1 is 1.60 bits per heavy atom. The molecule has 0 saturated carbocycles. The van der Waals surface area contributed by atoms with Crippen LogP contribution < -0.4 is 0 Å². The third-order valence-corrected chi connectivity index (χ3v) is 4.35. The van der Waals surface area contributed by atoms with E-state index in [4.69, 9.17) is 0 Å². The van der Waals surface area contributed by atoms with Crippen LogP contribution in [-0.2, 0) is 0 Å². The van der Waals surface area contributed by atoms with Crippen LogP contribution in [0, 0.1) is 21.8 Å². The predicted molar refractivity (Wildman–Crippen MR) is 75.5 cm³/mol. The van der Waals surface area contributed by atoms with Gasteiger partial charge in [-0.2, -0.15) is 0 Å². The van der Waals surface area contributed by atoms with Crippen LogP contribution in [0.4, 0.5) is 10.1 Å². The number of nitrogens with zero attached hydrogens (tertiary/aromatic N) is 2. The molecule has 1 aromatic carbocycles. The number of hydrogen-bond donors (Lipinski definition) is 0. The fraction of sp³-hybridized carbons (Fsp3) is 0.462. The molecule has 0 bridgehead atoms. The summed E-state index contributed by atoms with van der Waals surface area (Å²) in [6.07, 6.45) is 0.858. The molecule has 0 aliphatic carbocycles. The monoisotopic (exact) mass is 344 g/mol. The smallest absolute Gasteiger partial charge is 0.285 e. The van der Waals surface area contributed by atoms with Gasteiger partial charge in [0.05, 0.1) is 11.0 Å². The van der Waals surface area contributed by atoms with Gasteiger partial charge in [-0.25, -0.2) is 4.39 Å². The molecule has 20 heavy (non-hydrogen) atoms. The number of rotatable bonds is 3. The lowest BCUT2D eigenvalue weighted by Gasteiger charge is -2.25. The van der Waals surface area contributed by atoms with Gasteiger partial charge >= 0.3 is 0 Å². The van der Waals surface area contributed by atoms with E-state index in [1.807, 2.05) is 6.92 Å². The van der Waals surface area contributed by atoms with Crippen LogP contribution in [0.5, 0.6) is 0 Å². The Labute approximate surface area is 124 Å². The van der Waals surface area contributed by atoms with Gasteiger partial charge in [0.1, 0.15) is 11.4 Å². The lowest BCUT2D eigenvalue weighted by atomic mass is 10.0. The highest BCUT2D eigenvalue weighted by Gasteiger charge is 2.36. The molecular weight excluding hydrogens is 331 g/mol. The van der Waals surface area contributed by atoms with E-state index in [0.29, 0.717) is 17.8 Å². The summed E-state index contributed by atoms with van der Waals surface area (Å²) in [5.41, 5.74) is -0.542. The summed E-state index contributed by atoms with van der Waals surface area (Å²) in [7, 11) is 0. The summed E-state index contributed by atoms with van der Waals surface area (Å²) in [6.45, 7) is 2.60. The summed E-state index contributed by atoms with van der Waals surface area (Å²) in [6, 6.07) is 3.05. The molecular formula is C13H14BrFN2O3. The molecule has 0 spiro atoms. The standard InChI is InChI=1S/C13H14BrFN2O3/c1-8-4-5-16(12(8)7-14)13(18)10-3-2-9(15)6-11(10)17(19)20/h2-3,6,8,12H,4-5,7H2,1H3. The third kappa shape index (κ3) is 2.67. The molecule has 108 valence electrons. The molecule has 7 heteroatoms. The fourth-order valence-corrected chi connectivity index (χ4v) is 3.47. The average molecular weight is 345 g/mol. The Morgan fingerprint density at radius 3 is 2.90 bits per heavy atom. The van der Waals surface area contributed by atoms with Crippen LogP contribution in [-0.4, -0.2) is 33.6 Å². The SMILES string of the molecule is CC1CCN(C(=O)c2ccc(F)cc2[N+](=O)[O-])C1CBr. The number of hydrogen-bond acceptors (Lipinski definition) is 3. The van der Waals surface area contributed by atoms with Crippen molar-refractivity contribution in [3.8, 4) is 0 Å². The average Bonchev–Trinajstić information content (AvgIpc) is 2.78. The summed E-state index contributed by atoms with van der Waals surface area (Å²) >= 11 is 3.37. The number of carbonyl (C=O) groups is 1. The number of nitro groups is 1. The van der Waals surface area contributed by atoms with Crippen molar-refractivity contribution in [2.24, 2.45) is 5.92 Å². The Balaban J connectivity index is 2.37. The van der Waals surface area contributed by atoms with Gasteiger partial charge in [-0.05, 0) is 24.5 Å². The predicted octanol–water partition coefficient (Wildman–Crippen LogP) is 2.98. The molecule has 1 aromatic rings. The Morgan fingerprint density at radius 2 is 2.30 bits per heavy atom. The number of halogens is 2. The van der Waals surface area contributed by atoms with Gasteiger partial charge in [0.15, 0.2) is 0 Å². The zero-order chi connectivity index (χ0) is 14.9. The van der Waals surface area contributed by atoms with Crippen LogP contribution in [0.15, 0.2) is 18.2 Å². The van der Waals surface area contributed by atoms with Gasteiger partial charge < -0.3 is 4.90 Å². The number of nitro benzene ring substituents is 1. The number of amides is 1. The van der Waals surface area contributed by atoms with E-state index in [9.17, 15) is 19.3 Å². The van der Waals surface area contributed by atoms with Gasteiger partial charge in [-0.15, -0.1) is 0 Å². The molecule has 1 saturated heterocycles. The van der Waals surface area contributed by atoms with Crippen LogP contribution in [0.1, 0.15) is 23.7 Å². The number of carbonyl (C=O) groups excluding carboxylic acids is 1. The Kier molecular flexibility index (Phi) is 4.37. The molecule has 0 radical (unpaired) electrons. The molecule has 1 fully saturated rings. The minimum Gasteiger partial charge on any atom is -0.334 e. The molecule has 2 rings (SSSR count). The number of alkyl halides is 1. The summed E-state index contributed by atoms with van der Waals surface area (Å²) in [5, 5.41) is 11.6. The number of benzene rings is 1. The minimum absolute atomic E-state index is 0.00663. The Hall–Kier alpha value is -1.50. The first-order valence-electron chi connectivity index (χ1n) is 6.26. The van der Waals surface area contributed by atoms with E-state index in [-0.39, 0.29) is 11.6 Å². The van der Waals surface area contributed by atoms with Crippen molar-refractivity contribution < 1.29 is 14.1 Å². The topological polar surface area (TPSA) is 63.5 Å². The maximum Gasteiger partial charge on any atom is 0.285 e. The van der Waals surface area contributed by atoms with Crippen molar-refractivity contribution in [2.45, 2.75) is 19.4 Å². The minimum atomic E-state index is -0.723. The van der Waals surface area contributed by atoms with E-state index in [0.717, 1.165) is 18.6 Å². The van der Waals surface area contributed by atoms with E-state index in [2.05, 4.69) is 15.9 Å². The van der Waals surface area contributed by atoms with Crippen LogP contribution in [0.25, 0.3) is 0 Å². The lowest BCUT2D eigenvalue weighted by molar-refractivity contribution is -0.385. The van der Waals surface area contributed by atoms with E-state index in [1.54, 1.807) is 4.90 Å². The highest BCUT2D eigenvalue weighted by atomic mass is 79.9. The largest absolute Gasteiger partial charge is 0.334 e. The first-order valence-corrected chi connectivity index (χ1v) is 7.38. The van der Waals surface area contributed by atoms with Gasteiger partial charge in [-0.3, -0.25) is 14.9 Å². The van der Waals surface area contributed by atoms with Crippen molar-refractivity contribution in [3.05, 3.63) is 39.7 Å². The highest BCUT2D eigenvalue weighted by molar-refractivity contribution is 9.09. The maximum absolute atomic E-state index is 13.1. The second-order valence-corrected chi connectivity index (χ2v) is 5.55. The van der Waals surface area contributed by atoms with Crippen molar-refractivity contribution in [3.63, 3.8) is 0 Å². The zero-order valence-electron chi connectivity index (χ0n) is 10.9. The van der Waals surface area contributed by atoms with Crippen LogP contribution in [0.3, 0.4) is 0 Å². The van der Waals surface area contributed by atoms with Gasteiger partial charge in [0, 0.05) is 17.9 Å². The van der Waals surface area contributed by atoms with Crippen molar-refractivity contribution in [1.29, 1.82) is 0 Å². The summed E-state index contributed by atoms with van der Waals surface area (Å²) in [4.78, 5) is 24.3. The molecule has 1 heterocycles. The molecule has 2 atom stereocenters. The highest BCUT2D eigenvalue weighted by Crippen LogP contribution is 2.29. The normalized spacial score (nSPS) is 22.1. The van der Waals surface area contributed by atoms with E-state index < -0.39 is 22.3 Å². The third-order valence-electron chi connectivity index (χ3n) is 3.69. The second kappa shape index (κ2) is 5.87. The quantitative estimate of drug-likeness (QED) is 0.481. The zero-order valence-corrected chi connectivity index (χ0v) is 12.5. The Bertz CT molecular complexity index is 552. The van der Waals surface area contributed by atoms with Gasteiger partial charge in [0.2, 0.25) is 0 Å². The first kappa shape index (κ1) is 14.9. The van der Waals surface area contributed by atoms with Crippen LogP contribution >= 0.6 is 15.9 Å². The molecule has 0 N–H and O–H groups in total. The van der Waals surface area contributed by atoms with E-state index in [1.165, 1.54) is 6.07 Å². The van der Waals surface area contributed by atoms with Crippen molar-refractivity contribution >= 4 is 27.5 Å². The fourth-order valence-electron chi connectivity index (χ4n) is 2.49. The summed E-state index contributed by atoms with van der Waals surface area (Å²) in [5.74, 6) is -0.802. The van der Waals surface area contributed by atoms with Gasteiger partial charge in [-0.1, -0.05) is 22.9 Å². The molecule has 1 amide bonds. The second-order valence-electron chi connectivity index (χ2n) is 4.90. The lowest BCUT2D eigenvalue weighted by Crippen LogP contribution is -2.38. The molecule has 1 aliphatic rings. The molecule has 1 aliphatic heterocycles. The van der Waals surface area contributed by atoms with Gasteiger partial charge in [0.25, 0.3) is 11.6 Å². The molecule has 5 nitrogen and oxygen atoms in total. The molecule has 0 aromatic heterocycles.